The van der Waals surface area contributed by atoms with Gasteiger partial charge in [-0.1, -0.05) is 50.2 Å². The summed E-state index contributed by atoms with van der Waals surface area (Å²) in [5.41, 5.74) is 3.65. The number of benzene rings is 2. The number of rotatable bonds is 14. The molecular weight excluding hydrogens is 486 g/mol. The lowest BCUT2D eigenvalue weighted by Crippen LogP contribution is -2.51. The lowest BCUT2D eigenvalue weighted by Gasteiger charge is -2.32. The zero-order valence-corrected chi connectivity index (χ0v) is 24.0. The maximum Gasteiger partial charge on any atom is 0.243 e. The summed E-state index contributed by atoms with van der Waals surface area (Å²) in [5.74, 6) is -0.290. The van der Waals surface area contributed by atoms with Crippen LogP contribution in [-0.4, -0.2) is 56.6 Å². The van der Waals surface area contributed by atoms with Crippen LogP contribution in [0.2, 0.25) is 0 Å². The van der Waals surface area contributed by atoms with Gasteiger partial charge in [0, 0.05) is 25.6 Å². The summed E-state index contributed by atoms with van der Waals surface area (Å²) in [4.78, 5) is 28.2. The van der Waals surface area contributed by atoms with Gasteiger partial charge in [-0.25, -0.2) is 8.42 Å². The fraction of sp³-hybridized carbons (Fsp3) is 0.517. The number of nitrogens with zero attached hydrogens (tertiary/aromatic N) is 2. The lowest BCUT2D eigenvalue weighted by atomic mass is 10.1. The maximum atomic E-state index is 13.5. The summed E-state index contributed by atoms with van der Waals surface area (Å²) < 4.78 is 26.5. The number of nitrogens with one attached hydrogen (secondary N) is 1. The first-order chi connectivity index (χ1) is 17.5. The molecule has 0 aromatic heterocycles. The van der Waals surface area contributed by atoms with Crippen LogP contribution in [0.25, 0.3) is 0 Å². The second-order valence-corrected chi connectivity index (χ2v) is 11.8. The molecule has 0 saturated carbocycles. The standard InChI is InChI=1S/C29H43N3O4S/c1-7-24(5)30-29(34)27(8-2)31(18-16-25-13-10-9-11-14-25)28(33)15-12-17-32(37(6,35)36)26-20-22(3)19-23(4)21-26/h9-11,13-14,19-21,24,27H,7-8,12,15-18H2,1-6H3,(H,30,34)/t24-,27-/m1/s1. The molecule has 1 N–H and O–H groups in total. The summed E-state index contributed by atoms with van der Waals surface area (Å²) in [6, 6.07) is 15.0. The van der Waals surface area contributed by atoms with Crippen molar-refractivity contribution < 1.29 is 18.0 Å². The number of hydrogen-bond donors (Lipinski definition) is 1. The first-order valence-electron chi connectivity index (χ1n) is 13.2. The number of sulfonamides is 1. The number of anilines is 1. The molecule has 204 valence electrons. The molecule has 0 fully saturated rings. The normalized spacial score (nSPS) is 13.0. The first kappa shape index (κ1) is 30.4. The van der Waals surface area contributed by atoms with Crippen molar-refractivity contribution in [1.29, 1.82) is 0 Å². The van der Waals surface area contributed by atoms with Crippen LogP contribution in [-0.2, 0) is 26.0 Å². The van der Waals surface area contributed by atoms with Gasteiger partial charge in [0.1, 0.15) is 6.04 Å². The Morgan fingerprint density at radius 2 is 1.57 bits per heavy atom. The molecular formula is C29H43N3O4S. The SMILES string of the molecule is CC[C@@H](C)NC(=O)[C@@H](CC)N(CCc1ccccc1)C(=O)CCCN(c1cc(C)cc(C)c1)S(C)(=O)=O. The van der Waals surface area contributed by atoms with Gasteiger partial charge < -0.3 is 10.2 Å². The van der Waals surface area contributed by atoms with Crippen LogP contribution in [0.4, 0.5) is 5.69 Å². The van der Waals surface area contributed by atoms with Gasteiger partial charge in [-0.05, 0) is 75.3 Å². The molecule has 8 heteroatoms. The molecule has 0 heterocycles. The number of aryl methyl sites for hydroxylation is 2. The predicted octanol–water partition coefficient (Wildman–Crippen LogP) is 4.61. The fourth-order valence-electron chi connectivity index (χ4n) is 4.44. The van der Waals surface area contributed by atoms with Gasteiger partial charge in [0.25, 0.3) is 0 Å². The fourth-order valence-corrected chi connectivity index (χ4v) is 5.38. The minimum atomic E-state index is -3.52. The van der Waals surface area contributed by atoms with Crippen LogP contribution < -0.4 is 9.62 Å². The third-order valence-electron chi connectivity index (χ3n) is 6.52. The molecule has 0 spiro atoms. The Morgan fingerprint density at radius 1 is 0.946 bits per heavy atom. The molecule has 2 aromatic rings. The van der Waals surface area contributed by atoms with E-state index in [1.54, 1.807) is 4.90 Å². The minimum absolute atomic E-state index is 0.0220. The van der Waals surface area contributed by atoms with Gasteiger partial charge in [-0.2, -0.15) is 0 Å². The van der Waals surface area contributed by atoms with E-state index in [0.717, 1.165) is 23.1 Å². The summed E-state index contributed by atoms with van der Waals surface area (Å²) >= 11 is 0. The third kappa shape index (κ3) is 9.50. The van der Waals surface area contributed by atoms with Crippen molar-refractivity contribution in [3.05, 3.63) is 65.2 Å². The Hall–Kier alpha value is -2.87. The molecule has 0 aliphatic carbocycles. The van der Waals surface area contributed by atoms with Gasteiger partial charge in [-0.3, -0.25) is 13.9 Å². The van der Waals surface area contributed by atoms with E-state index in [-0.39, 0.29) is 30.8 Å². The van der Waals surface area contributed by atoms with Crippen molar-refractivity contribution in [2.75, 3.05) is 23.7 Å². The van der Waals surface area contributed by atoms with Crippen LogP contribution in [0.5, 0.6) is 0 Å². The molecule has 2 atom stereocenters. The van der Waals surface area contributed by atoms with Crippen molar-refractivity contribution >= 4 is 27.5 Å². The molecule has 0 saturated heterocycles. The molecule has 7 nitrogen and oxygen atoms in total. The van der Waals surface area contributed by atoms with E-state index in [1.807, 2.05) is 83.1 Å². The van der Waals surface area contributed by atoms with Crippen LogP contribution >= 0.6 is 0 Å². The molecule has 2 aromatic carbocycles. The highest BCUT2D eigenvalue weighted by Crippen LogP contribution is 2.22. The number of carbonyl (C=O) groups excluding carboxylic acids is 2. The molecule has 0 aliphatic rings. The first-order valence-corrected chi connectivity index (χ1v) is 15.0. The van der Waals surface area contributed by atoms with Crippen molar-refractivity contribution in [2.24, 2.45) is 0 Å². The quantitative estimate of drug-likeness (QED) is 0.387. The Labute approximate surface area is 223 Å². The van der Waals surface area contributed by atoms with Crippen molar-refractivity contribution in [3.8, 4) is 0 Å². The van der Waals surface area contributed by atoms with Gasteiger partial charge in [0.05, 0.1) is 11.9 Å². The van der Waals surface area contributed by atoms with Crippen LogP contribution in [0.1, 0.15) is 63.1 Å². The molecule has 0 radical (unpaired) electrons. The Kier molecular flexibility index (Phi) is 11.6. The second kappa shape index (κ2) is 14.2. The highest BCUT2D eigenvalue weighted by atomic mass is 32.2. The largest absolute Gasteiger partial charge is 0.352 e. The van der Waals surface area contributed by atoms with E-state index in [4.69, 9.17) is 0 Å². The van der Waals surface area contributed by atoms with Crippen molar-refractivity contribution in [1.82, 2.24) is 10.2 Å². The lowest BCUT2D eigenvalue weighted by molar-refractivity contribution is -0.141. The summed E-state index contributed by atoms with van der Waals surface area (Å²) in [6.07, 6.45) is 3.63. The molecule has 2 amide bonds. The number of carbonyl (C=O) groups is 2. The summed E-state index contributed by atoms with van der Waals surface area (Å²) in [6.45, 7) is 10.3. The van der Waals surface area contributed by atoms with Gasteiger partial charge in [-0.15, -0.1) is 0 Å². The zero-order chi connectivity index (χ0) is 27.6. The van der Waals surface area contributed by atoms with Crippen LogP contribution in [0, 0.1) is 13.8 Å². The highest BCUT2D eigenvalue weighted by molar-refractivity contribution is 7.92. The minimum Gasteiger partial charge on any atom is -0.352 e. The zero-order valence-electron chi connectivity index (χ0n) is 23.2. The smallest absolute Gasteiger partial charge is 0.243 e. The van der Waals surface area contributed by atoms with Crippen LogP contribution in [0.3, 0.4) is 0 Å². The molecule has 0 unspecified atom stereocenters. The predicted molar refractivity (Wildman–Crippen MR) is 151 cm³/mol. The average Bonchev–Trinajstić information content (AvgIpc) is 2.83. The Balaban J connectivity index is 2.19. The van der Waals surface area contributed by atoms with Gasteiger partial charge in [0.15, 0.2) is 0 Å². The summed E-state index contributed by atoms with van der Waals surface area (Å²) in [7, 11) is -3.52. The molecule has 0 aliphatic heterocycles. The van der Waals surface area contributed by atoms with Crippen LogP contribution in [0.15, 0.2) is 48.5 Å². The van der Waals surface area contributed by atoms with E-state index >= 15 is 0 Å². The monoisotopic (exact) mass is 529 g/mol. The Bertz CT molecular complexity index is 1110. The van der Waals surface area contributed by atoms with E-state index < -0.39 is 16.1 Å². The van der Waals surface area contributed by atoms with Crippen molar-refractivity contribution in [3.63, 3.8) is 0 Å². The average molecular weight is 530 g/mol. The topological polar surface area (TPSA) is 86.8 Å². The summed E-state index contributed by atoms with van der Waals surface area (Å²) in [5, 5.41) is 3.02. The molecule has 0 bridgehead atoms. The van der Waals surface area contributed by atoms with Gasteiger partial charge in [0.2, 0.25) is 21.8 Å². The molecule has 2 rings (SSSR count). The highest BCUT2D eigenvalue weighted by Gasteiger charge is 2.29. The molecule has 37 heavy (non-hydrogen) atoms. The number of hydrogen-bond acceptors (Lipinski definition) is 4. The second-order valence-electron chi connectivity index (χ2n) is 9.85. The van der Waals surface area contributed by atoms with E-state index in [2.05, 4.69) is 5.32 Å². The van der Waals surface area contributed by atoms with Crippen molar-refractivity contribution in [2.45, 2.75) is 78.8 Å². The van der Waals surface area contributed by atoms with E-state index in [9.17, 15) is 18.0 Å². The number of amides is 2. The van der Waals surface area contributed by atoms with E-state index in [1.165, 1.54) is 10.6 Å². The maximum absolute atomic E-state index is 13.5. The van der Waals surface area contributed by atoms with Gasteiger partial charge >= 0.3 is 0 Å². The third-order valence-corrected chi connectivity index (χ3v) is 7.71. The van der Waals surface area contributed by atoms with E-state index in [0.29, 0.717) is 31.5 Å². The Morgan fingerprint density at radius 3 is 2.11 bits per heavy atom.